The number of fused-ring (bicyclic) bond motifs is 3. The van der Waals surface area contributed by atoms with Crippen LogP contribution in [0.15, 0.2) is 82.5 Å². The Hall–Kier alpha value is -3.23. The van der Waals surface area contributed by atoms with Crippen LogP contribution < -0.4 is 5.46 Å². The van der Waals surface area contributed by atoms with Gasteiger partial charge in [0, 0.05) is 88.3 Å². The number of carboxylic acid groups (broad SMARTS) is 1. The minimum absolute atomic E-state index is 0. The minimum atomic E-state index is -1.01. The number of ether oxygens (including phenoxy) is 2. The number of carbonyl (C=O) groups is 3. The fourth-order valence-electron chi connectivity index (χ4n) is 6.55. The summed E-state index contributed by atoms with van der Waals surface area (Å²) in [5.41, 5.74) is 1.25. The molecule has 0 bridgehead atoms. The van der Waals surface area contributed by atoms with Crippen LogP contribution >= 0.6 is 31.9 Å². The van der Waals surface area contributed by atoms with E-state index >= 15 is 0 Å². The van der Waals surface area contributed by atoms with Crippen LogP contribution in [0.3, 0.4) is 0 Å². The largest absolute Gasteiger partial charge is 0.495 e. The summed E-state index contributed by atoms with van der Waals surface area (Å²) >= 11 is 6.60. The van der Waals surface area contributed by atoms with Crippen LogP contribution in [0.2, 0.25) is 0 Å². The molecule has 69 heavy (non-hydrogen) atoms. The molecule has 1 N–H and O–H groups in total. The Morgan fingerprint density at radius 1 is 0.522 bits per heavy atom. The molecule has 0 spiro atoms. The van der Waals surface area contributed by atoms with Crippen molar-refractivity contribution < 1.29 is 99.0 Å². The number of hydrogen-bond donors (Lipinski definition) is 1. The molecular formula is C44H55B3Br2N6O12W2. The number of carbonyl (C=O) groups excluding carboxylic acids is 2. The Morgan fingerprint density at radius 2 is 0.826 bits per heavy atom. The maximum atomic E-state index is 11.5. The summed E-state index contributed by atoms with van der Waals surface area (Å²) < 4.78 is 52.1. The maximum absolute atomic E-state index is 11.5. The summed E-state index contributed by atoms with van der Waals surface area (Å²) in [4.78, 5) is 45.5. The van der Waals surface area contributed by atoms with Crippen molar-refractivity contribution in [2.24, 2.45) is 0 Å². The van der Waals surface area contributed by atoms with E-state index < -0.39 is 50.2 Å². The first-order valence-electron chi connectivity index (χ1n) is 21.2. The van der Waals surface area contributed by atoms with Gasteiger partial charge >= 0.3 is 39.0 Å². The molecule has 0 atom stereocenters. The number of hydrogen-bond acceptors (Lipinski definition) is 14. The standard InChI is InChI=1S/C15H19BN2O4.C12H24B2O4.C9H7BrN2O2.C8H5BrN2O2.2W/c1-14(2)15(3,4)22-16(21-14)10-6-7-18-9-11(13(19)20-5)17-12(18)8-10;1-9(2)10(3,4)16-13(15-9)14-17-11(5,6)12(7,8)18-14;1-14-9(13)7-5-12-3-2-6(10)4-8(12)11-7;9-5-1-2-11-4-6(8(12)13)10-7(11)3-5;;/h6-9H,1-5H3;1-8H3;2-5H,1H3;1-4H,(H,12,13);;. The summed E-state index contributed by atoms with van der Waals surface area (Å²) in [7, 11) is 1.27. The normalized spacial score (nSPS) is 18.7. The third-order valence-electron chi connectivity index (χ3n) is 12.6. The van der Waals surface area contributed by atoms with Gasteiger partial charge in [-0.15, -0.1) is 0 Å². The van der Waals surface area contributed by atoms with Crippen LogP contribution in [0.1, 0.15) is 115 Å². The number of halogens is 2. The van der Waals surface area contributed by atoms with Gasteiger partial charge in [0.05, 0.1) is 47.8 Å². The fourth-order valence-corrected chi connectivity index (χ4v) is 7.19. The molecule has 368 valence electrons. The van der Waals surface area contributed by atoms with Crippen LogP contribution in [0.5, 0.6) is 0 Å². The molecule has 0 amide bonds. The van der Waals surface area contributed by atoms with E-state index in [0.29, 0.717) is 22.6 Å². The van der Waals surface area contributed by atoms with Gasteiger partial charge in [-0.05, 0) is 125 Å². The van der Waals surface area contributed by atoms with E-state index in [1.165, 1.54) is 20.4 Å². The maximum Gasteiger partial charge on any atom is 0.495 e. The van der Waals surface area contributed by atoms with Crippen molar-refractivity contribution in [1.29, 1.82) is 0 Å². The number of nitrogens with zero attached hydrogens (tertiary/aromatic N) is 6. The molecule has 18 nitrogen and oxygen atoms in total. The third-order valence-corrected chi connectivity index (χ3v) is 13.6. The fraction of sp³-hybridized carbons (Fsp3) is 0.455. The van der Waals surface area contributed by atoms with Gasteiger partial charge in [0.25, 0.3) is 0 Å². The van der Waals surface area contributed by atoms with E-state index in [2.05, 4.69) is 56.3 Å². The van der Waals surface area contributed by atoms with Crippen molar-refractivity contribution in [1.82, 2.24) is 28.2 Å². The zero-order chi connectivity index (χ0) is 49.7. The molecule has 6 aromatic rings. The topological polar surface area (TPSA) is 197 Å². The Morgan fingerprint density at radius 3 is 1.17 bits per heavy atom. The molecule has 0 radical (unpaired) electrons. The molecule has 3 aliphatic rings. The molecule has 3 fully saturated rings. The molecular weight excluding hydrogens is 1360 g/mol. The van der Waals surface area contributed by atoms with E-state index in [9.17, 15) is 14.4 Å². The second-order valence-corrected chi connectivity index (χ2v) is 20.8. The average molecular weight is 1420 g/mol. The molecule has 3 saturated heterocycles. The van der Waals surface area contributed by atoms with E-state index in [4.69, 9.17) is 33.0 Å². The second kappa shape index (κ2) is 21.9. The predicted molar refractivity (Wildman–Crippen MR) is 258 cm³/mol. The van der Waals surface area contributed by atoms with Gasteiger partial charge in [0.2, 0.25) is 0 Å². The van der Waals surface area contributed by atoms with Crippen molar-refractivity contribution in [3.05, 3.63) is 99.6 Å². The number of pyridine rings is 3. The van der Waals surface area contributed by atoms with Crippen molar-refractivity contribution in [3.8, 4) is 0 Å². The van der Waals surface area contributed by atoms with Crippen LogP contribution in [0.25, 0.3) is 16.9 Å². The Bertz CT molecular complexity index is 2740. The third kappa shape index (κ3) is 12.9. The van der Waals surface area contributed by atoms with E-state index in [1.807, 2.05) is 126 Å². The number of esters is 2. The summed E-state index contributed by atoms with van der Waals surface area (Å²) in [6, 6.07) is 11.0. The van der Waals surface area contributed by atoms with E-state index in [-0.39, 0.29) is 75.9 Å². The van der Waals surface area contributed by atoms with E-state index in [1.54, 1.807) is 37.9 Å². The minimum Gasteiger partial charge on any atom is -0.476 e. The summed E-state index contributed by atoms with van der Waals surface area (Å²) in [5, 5.41) is 8.67. The van der Waals surface area contributed by atoms with Gasteiger partial charge in [-0.2, -0.15) is 0 Å². The van der Waals surface area contributed by atoms with Gasteiger partial charge in [-0.1, -0.05) is 31.9 Å². The smallest absolute Gasteiger partial charge is 0.476 e. The van der Waals surface area contributed by atoms with Gasteiger partial charge in [0.1, 0.15) is 16.9 Å². The van der Waals surface area contributed by atoms with Gasteiger partial charge in [-0.3, -0.25) is 0 Å². The quantitative estimate of drug-likeness (QED) is 0.133. The van der Waals surface area contributed by atoms with E-state index in [0.717, 1.165) is 14.4 Å². The van der Waals surface area contributed by atoms with Crippen molar-refractivity contribution in [2.75, 3.05) is 14.2 Å². The number of rotatable bonds is 5. The van der Waals surface area contributed by atoms with Gasteiger partial charge in [0.15, 0.2) is 17.1 Å². The SMILES string of the molecule is CC1(C)OB(B2OC(C)(C)C(C)(C)O2)OC1(C)C.COC(=O)c1cn2ccc(B3OC(C)(C)C(C)(C)O3)cc2n1.COC(=O)c1cn2ccc(Br)cc2n1.O=C(O)c1cn2ccc(Br)cc2n1.[W].[W]. The van der Waals surface area contributed by atoms with Crippen LogP contribution in [0.4, 0.5) is 0 Å². The molecule has 0 saturated carbocycles. The predicted octanol–water partition coefficient (Wildman–Crippen LogP) is 7.34. The molecule has 25 heteroatoms. The first kappa shape index (κ1) is 58.3. The van der Waals surface area contributed by atoms with Gasteiger partial charge < -0.3 is 55.7 Å². The van der Waals surface area contributed by atoms with Crippen LogP contribution in [-0.2, 0) is 79.5 Å². The molecule has 9 rings (SSSR count). The summed E-state index contributed by atoms with van der Waals surface area (Å²) in [6.45, 7) is 24.2. The zero-order valence-corrected chi connectivity index (χ0v) is 49.9. The summed E-state index contributed by atoms with van der Waals surface area (Å²) in [5.74, 6) is -1.90. The van der Waals surface area contributed by atoms with Crippen molar-refractivity contribution >= 4 is 93.3 Å². The first-order valence-corrected chi connectivity index (χ1v) is 22.8. The molecule has 9 heterocycles. The molecule has 3 aliphatic heterocycles. The first-order chi connectivity index (χ1) is 31.0. The van der Waals surface area contributed by atoms with Crippen molar-refractivity contribution in [3.63, 3.8) is 0 Å². The Kier molecular flexibility index (Phi) is 18.5. The van der Waals surface area contributed by atoms with Crippen molar-refractivity contribution in [2.45, 2.75) is 117 Å². The Balaban J connectivity index is 0.000000202. The number of methoxy groups -OCH3 is 2. The molecule has 0 aromatic carbocycles. The molecule has 0 aliphatic carbocycles. The zero-order valence-electron chi connectivity index (χ0n) is 40.9. The monoisotopic (exact) mass is 1420 g/mol. The van der Waals surface area contributed by atoms with Crippen LogP contribution in [0, 0.1) is 0 Å². The average Bonchev–Trinajstić information content (AvgIpc) is 4.07. The number of imidazole rings is 3. The molecule has 6 aromatic heterocycles. The van der Waals surface area contributed by atoms with Gasteiger partial charge in [-0.25, -0.2) is 29.3 Å². The Labute approximate surface area is 447 Å². The summed E-state index contributed by atoms with van der Waals surface area (Å²) in [6.07, 6.45) is 10.1. The number of aromatic carboxylic acids is 1. The van der Waals surface area contributed by atoms with Crippen LogP contribution in [-0.4, -0.2) is 120 Å². The molecule has 0 unspecified atom stereocenters. The number of aromatic nitrogens is 6. The second-order valence-electron chi connectivity index (χ2n) is 19.0. The number of carboxylic acids is 1.